The van der Waals surface area contributed by atoms with Gasteiger partial charge in [0.2, 0.25) is 0 Å². The van der Waals surface area contributed by atoms with E-state index in [1.807, 2.05) is 60.7 Å². The molecule has 0 saturated carbocycles. The van der Waals surface area contributed by atoms with Crippen molar-refractivity contribution in [3.05, 3.63) is 131 Å². The van der Waals surface area contributed by atoms with Crippen molar-refractivity contribution in [2.75, 3.05) is 44.7 Å². The number of nitro groups is 1. The lowest BCUT2D eigenvalue weighted by Gasteiger charge is -2.34. The van der Waals surface area contributed by atoms with Gasteiger partial charge in [0.25, 0.3) is 11.2 Å². The molecular weight excluding hydrogens is 578 g/mol. The van der Waals surface area contributed by atoms with Gasteiger partial charge in [0.05, 0.1) is 33.4 Å². The van der Waals surface area contributed by atoms with Gasteiger partial charge < -0.3 is 14.5 Å². The number of hydrogen-bond acceptors (Lipinski definition) is 9. The molecule has 11 heteroatoms. The smallest absolute Gasteiger partial charge is 0.338 e. The monoisotopic (exact) mass is 609 g/mol. The van der Waals surface area contributed by atoms with E-state index in [-0.39, 0.29) is 23.4 Å². The molecule has 1 saturated heterocycles. The molecule has 0 aliphatic carbocycles. The fourth-order valence-electron chi connectivity index (χ4n) is 5.64. The van der Waals surface area contributed by atoms with Crippen molar-refractivity contribution < 1.29 is 14.5 Å². The molecule has 0 radical (unpaired) electrons. The minimum Gasteiger partial charge on any atom is -0.463 e. The number of non-ortho nitro benzene ring substituents is 1. The SMILES string of the molecule is CCOC(=O)C1=C(c2ccccc2)N=c2sc(=Cc3cc([N+](=O)[O-])ccc3N3CCN(C)CC3)c(=O)n2C1c1ccccc1. The molecule has 6 rings (SSSR count). The molecule has 0 amide bonds. The van der Waals surface area contributed by atoms with Crippen LogP contribution >= 0.6 is 11.3 Å². The Morgan fingerprint density at radius 2 is 1.73 bits per heavy atom. The third-order valence-corrected chi connectivity index (χ3v) is 8.82. The Balaban J connectivity index is 1.60. The fourth-order valence-corrected chi connectivity index (χ4v) is 6.63. The molecule has 3 heterocycles. The standard InChI is InChI=1S/C33H31N5O5S/c1-3-43-32(40)28-29(22-10-6-4-7-11-22)34-33-37(30(28)23-12-8-5-9-13-23)31(39)27(44-33)21-24-20-25(38(41)42)14-15-26(24)36-18-16-35(2)17-19-36/h4-15,20-21,30H,3,16-19H2,1-2H3. The number of aromatic nitrogens is 1. The second-order valence-electron chi connectivity index (χ2n) is 10.6. The predicted octanol–water partition coefficient (Wildman–Crippen LogP) is 3.60. The zero-order valence-corrected chi connectivity index (χ0v) is 25.2. The molecule has 0 spiro atoms. The lowest BCUT2D eigenvalue weighted by molar-refractivity contribution is -0.384. The Labute approximate surface area is 257 Å². The van der Waals surface area contributed by atoms with Crippen molar-refractivity contribution >= 4 is 40.5 Å². The zero-order chi connectivity index (χ0) is 30.8. The minimum absolute atomic E-state index is 0.0555. The molecule has 1 aromatic heterocycles. The highest BCUT2D eigenvalue weighted by Gasteiger charge is 2.35. The lowest BCUT2D eigenvalue weighted by Crippen LogP contribution is -2.44. The van der Waals surface area contributed by atoms with Gasteiger partial charge in [-0.1, -0.05) is 72.0 Å². The molecule has 2 aliphatic heterocycles. The number of thiazole rings is 1. The molecule has 44 heavy (non-hydrogen) atoms. The fraction of sp³-hybridized carbons (Fsp3) is 0.242. The minimum atomic E-state index is -0.786. The van der Waals surface area contributed by atoms with Crippen molar-refractivity contribution in [2.45, 2.75) is 13.0 Å². The van der Waals surface area contributed by atoms with Gasteiger partial charge in [-0.05, 0) is 31.7 Å². The number of piperazine rings is 1. The number of ether oxygens (including phenoxy) is 1. The highest BCUT2D eigenvalue weighted by Crippen LogP contribution is 2.35. The molecule has 1 atom stereocenters. The molecule has 1 unspecified atom stereocenters. The van der Waals surface area contributed by atoms with E-state index in [2.05, 4.69) is 16.8 Å². The van der Waals surface area contributed by atoms with Gasteiger partial charge in [0, 0.05) is 55.1 Å². The summed E-state index contributed by atoms with van der Waals surface area (Å²) in [7, 11) is 2.06. The first-order valence-electron chi connectivity index (χ1n) is 14.4. The summed E-state index contributed by atoms with van der Waals surface area (Å²) >= 11 is 1.20. The number of anilines is 1. The number of carbonyl (C=O) groups is 1. The zero-order valence-electron chi connectivity index (χ0n) is 24.4. The molecule has 0 N–H and O–H groups in total. The number of fused-ring (bicyclic) bond motifs is 1. The van der Waals surface area contributed by atoms with E-state index in [1.54, 1.807) is 19.1 Å². The number of carbonyl (C=O) groups excluding carboxylic acids is 1. The summed E-state index contributed by atoms with van der Waals surface area (Å²) in [4.78, 5) is 48.9. The van der Waals surface area contributed by atoms with E-state index in [0.29, 0.717) is 20.6 Å². The van der Waals surface area contributed by atoms with Crippen molar-refractivity contribution in [1.82, 2.24) is 9.47 Å². The van der Waals surface area contributed by atoms with E-state index in [9.17, 15) is 19.7 Å². The van der Waals surface area contributed by atoms with Gasteiger partial charge in [-0.3, -0.25) is 19.5 Å². The predicted molar refractivity (Wildman–Crippen MR) is 170 cm³/mol. The first kappa shape index (κ1) is 29.2. The summed E-state index contributed by atoms with van der Waals surface area (Å²) in [6.07, 6.45) is 1.71. The van der Waals surface area contributed by atoms with Crippen molar-refractivity contribution in [1.29, 1.82) is 0 Å². The summed E-state index contributed by atoms with van der Waals surface area (Å²) in [6.45, 7) is 5.13. The number of esters is 1. The normalized spacial score (nSPS) is 17.3. The van der Waals surface area contributed by atoms with Crippen molar-refractivity contribution in [3.8, 4) is 0 Å². The van der Waals surface area contributed by atoms with Crippen LogP contribution in [-0.4, -0.2) is 60.2 Å². The molecule has 224 valence electrons. The number of rotatable bonds is 7. The molecule has 0 bridgehead atoms. The Hall–Kier alpha value is -4.87. The van der Waals surface area contributed by atoms with Crippen LogP contribution in [0.3, 0.4) is 0 Å². The van der Waals surface area contributed by atoms with E-state index in [4.69, 9.17) is 9.73 Å². The van der Waals surface area contributed by atoms with E-state index < -0.39 is 16.9 Å². The van der Waals surface area contributed by atoms with Crippen LogP contribution in [0, 0.1) is 10.1 Å². The molecule has 1 fully saturated rings. The van der Waals surface area contributed by atoms with Crippen LogP contribution < -0.4 is 19.8 Å². The summed E-state index contributed by atoms with van der Waals surface area (Å²) in [5, 5.41) is 11.7. The summed E-state index contributed by atoms with van der Waals surface area (Å²) in [5.41, 5.74) is 3.19. The summed E-state index contributed by atoms with van der Waals surface area (Å²) in [5.74, 6) is -0.547. The van der Waals surface area contributed by atoms with E-state index in [0.717, 1.165) is 43.0 Å². The molecule has 2 aliphatic rings. The largest absolute Gasteiger partial charge is 0.463 e. The van der Waals surface area contributed by atoms with Crippen LogP contribution in [0.4, 0.5) is 11.4 Å². The third-order valence-electron chi connectivity index (χ3n) is 7.84. The Kier molecular flexibility index (Phi) is 8.23. The molecule has 10 nitrogen and oxygen atoms in total. The van der Waals surface area contributed by atoms with Crippen molar-refractivity contribution in [3.63, 3.8) is 0 Å². The second kappa shape index (κ2) is 12.4. The quantitative estimate of drug-likeness (QED) is 0.179. The Morgan fingerprint density at radius 3 is 2.39 bits per heavy atom. The van der Waals surface area contributed by atoms with Crippen LogP contribution in [-0.2, 0) is 9.53 Å². The Bertz CT molecular complexity index is 1930. The van der Waals surface area contributed by atoms with Crippen LogP contribution in [0.2, 0.25) is 0 Å². The first-order valence-corrected chi connectivity index (χ1v) is 15.2. The van der Waals surface area contributed by atoms with Crippen LogP contribution in [0.25, 0.3) is 11.8 Å². The number of likely N-dealkylation sites (N-methyl/N-ethyl adjacent to an activating group) is 1. The highest BCUT2D eigenvalue weighted by molar-refractivity contribution is 7.07. The average molecular weight is 610 g/mol. The number of hydrogen-bond donors (Lipinski definition) is 0. The number of nitro benzene ring substituents is 1. The van der Waals surface area contributed by atoms with Gasteiger partial charge in [-0.15, -0.1) is 0 Å². The van der Waals surface area contributed by atoms with Gasteiger partial charge >= 0.3 is 5.97 Å². The molecule has 4 aromatic rings. The van der Waals surface area contributed by atoms with Crippen LogP contribution in [0.1, 0.15) is 29.7 Å². The Morgan fingerprint density at radius 1 is 1.05 bits per heavy atom. The van der Waals surface area contributed by atoms with Crippen LogP contribution in [0.15, 0.2) is 94.2 Å². The van der Waals surface area contributed by atoms with Gasteiger partial charge in [0.15, 0.2) is 4.80 Å². The van der Waals surface area contributed by atoms with Gasteiger partial charge in [0.1, 0.15) is 0 Å². The first-order chi connectivity index (χ1) is 21.4. The number of nitrogens with zero attached hydrogens (tertiary/aromatic N) is 5. The van der Waals surface area contributed by atoms with Crippen molar-refractivity contribution in [2.24, 2.45) is 4.99 Å². The summed E-state index contributed by atoms with van der Waals surface area (Å²) in [6, 6.07) is 22.7. The van der Waals surface area contributed by atoms with Gasteiger partial charge in [-0.2, -0.15) is 0 Å². The van der Waals surface area contributed by atoms with Gasteiger partial charge in [-0.25, -0.2) is 9.79 Å². The third kappa shape index (κ3) is 5.59. The lowest BCUT2D eigenvalue weighted by atomic mass is 9.93. The highest BCUT2D eigenvalue weighted by atomic mass is 32.1. The maximum absolute atomic E-state index is 14.3. The van der Waals surface area contributed by atoms with E-state index >= 15 is 0 Å². The topological polar surface area (TPSA) is 110 Å². The maximum Gasteiger partial charge on any atom is 0.338 e. The molecular formula is C33H31N5O5S. The maximum atomic E-state index is 14.3. The van der Waals surface area contributed by atoms with Crippen LogP contribution in [0.5, 0.6) is 0 Å². The number of benzene rings is 3. The molecule has 3 aromatic carbocycles. The average Bonchev–Trinajstić information content (AvgIpc) is 3.35. The van der Waals surface area contributed by atoms with E-state index in [1.165, 1.54) is 28.0 Å². The summed E-state index contributed by atoms with van der Waals surface area (Å²) < 4.78 is 7.42. The second-order valence-corrected chi connectivity index (χ2v) is 11.6.